The molecule has 0 aromatic heterocycles. The average Bonchev–Trinajstić information content (AvgIpc) is 2.53. The summed E-state index contributed by atoms with van der Waals surface area (Å²) in [6.07, 6.45) is 1.09. The summed E-state index contributed by atoms with van der Waals surface area (Å²) in [5, 5.41) is 1.80. The maximum atomic E-state index is 5.68. The van der Waals surface area contributed by atoms with Gasteiger partial charge in [-0.15, -0.1) is 0 Å². The van der Waals surface area contributed by atoms with Crippen molar-refractivity contribution in [3.8, 4) is 0 Å². The second-order valence-corrected chi connectivity index (χ2v) is 2.57. The molecule has 0 saturated heterocycles. The van der Waals surface area contributed by atoms with Crippen molar-refractivity contribution in [3.63, 3.8) is 0 Å². The molecule has 1 aliphatic heterocycles. The van der Waals surface area contributed by atoms with Crippen LogP contribution in [0.4, 0.5) is 5.69 Å². The third kappa shape index (κ3) is 1.59. The van der Waals surface area contributed by atoms with Crippen molar-refractivity contribution in [2.24, 2.45) is 5.84 Å². The van der Waals surface area contributed by atoms with E-state index in [0.717, 1.165) is 13.0 Å². The van der Waals surface area contributed by atoms with Crippen molar-refractivity contribution < 1.29 is 0 Å². The molecule has 66 valence electrons. The summed E-state index contributed by atoms with van der Waals surface area (Å²) in [5.74, 6) is 5.68. The molecule has 0 spiro atoms. The molecule has 1 aliphatic rings. The van der Waals surface area contributed by atoms with Gasteiger partial charge in [0.25, 0.3) is 0 Å². The van der Waals surface area contributed by atoms with Crippen LogP contribution >= 0.6 is 0 Å². The summed E-state index contributed by atoms with van der Waals surface area (Å²) in [5.41, 5.74) is 2.55. The van der Waals surface area contributed by atoms with Gasteiger partial charge in [-0.25, -0.2) is 5.84 Å². The van der Waals surface area contributed by atoms with Gasteiger partial charge in [0.2, 0.25) is 0 Å². The zero-order valence-electron chi connectivity index (χ0n) is 7.75. The molecule has 2 heteroatoms. The first-order valence-electron chi connectivity index (χ1n) is 4.48. The molecule has 0 bridgehead atoms. The Morgan fingerprint density at radius 1 is 1.25 bits per heavy atom. The molecule has 0 unspecified atom stereocenters. The van der Waals surface area contributed by atoms with Crippen molar-refractivity contribution in [2.45, 2.75) is 20.3 Å². The minimum Gasteiger partial charge on any atom is -0.310 e. The molecular weight excluding hydrogens is 148 g/mol. The van der Waals surface area contributed by atoms with E-state index in [0.29, 0.717) is 0 Å². The van der Waals surface area contributed by atoms with Gasteiger partial charge < -0.3 is 5.01 Å². The van der Waals surface area contributed by atoms with Crippen molar-refractivity contribution in [1.82, 2.24) is 0 Å². The monoisotopic (exact) mass is 164 g/mol. The summed E-state index contributed by atoms with van der Waals surface area (Å²) in [7, 11) is 0. The highest BCUT2D eigenvalue weighted by molar-refractivity contribution is 5.56. The van der Waals surface area contributed by atoms with Crippen LogP contribution in [-0.4, -0.2) is 6.54 Å². The molecule has 0 fully saturated rings. The highest BCUT2D eigenvalue weighted by Gasteiger charge is 2.13. The third-order valence-electron chi connectivity index (χ3n) is 1.92. The summed E-state index contributed by atoms with van der Waals surface area (Å²) in [4.78, 5) is 0. The van der Waals surface area contributed by atoms with E-state index in [1.807, 2.05) is 19.9 Å². The molecule has 12 heavy (non-hydrogen) atoms. The number of benzene rings is 1. The summed E-state index contributed by atoms with van der Waals surface area (Å²) in [6, 6.07) is 8.26. The molecule has 1 heterocycles. The molecule has 1 aromatic carbocycles. The maximum absolute atomic E-state index is 5.68. The van der Waals surface area contributed by atoms with Crippen LogP contribution in [0.15, 0.2) is 24.3 Å². The van der Waals surface area contributed by atoms with Gasteiger partial charge in [-0.2, -0.15) is 0 Å². The predicted molar refractivity (Wildman–Crippen MR) is 53.0 cm³/mol. The van der Waals surface area contributed by atoms with Gasteiger partial charge in [-0.05, 0) is 18.1 Å². The van der Waals surface area contributed by atoms with Crippen LogP contribution in [0, 0.1) is 0 Å². The molecular formula is C10H16N2. The Hall–Kier alpha value is -1.02. The lowest BCUT2D eigenvalue weighted by Crippen LogP contribution is -2.27. The Bertz CT molecular complexity index is 245. The summed E-state index contributed by atoms with van der Waals surface area (Å²) >= 11 is 0. The van der Waals surface area contributed by atoms with E-state index in [2.05, 4.69) is 18.2 Å². The van der Waals surface area contributed by atoms with Crippen LogP contribution in [-0.2, 0) is 6.42 Å². The second-order valence-electron chi connectivity index (χ2n) is 2.57. The van der Waals surface area contributed by atoms with Crippen molar-refractivity contribution in [3.05, 3.63) is 29.8 Å². The van der Waals surface area contributed by atoms with Gasteiger partial charge in [-0.1, -0.05) is 32.0 Å². The Balaban J connectivity index is 0.000000336. The minimum absolute atomic E-state index is 0.958. The number of hydrogen-bond donors (Lipinski definition) is 1. The topological polar surface area (TPSA) is 29.3 Å². The molecule has 0 radical (unpaired) electrons. The van der Waals surface area contributed by atoms with Crippen molar-refractivity contribution in [1.29, 1.82) is 0 Å². The van der Waals surface area contributed by atoms with Crippen LogP contribution < -0.4 is 10.9 Å². The molecule has 2 rings (SSSR count). The van der Waals surface area contributed by atoms with Crippen LogP contribution in [0.2, 0.25) is 0 Å². The lowest BCUT2D eigenvalue weighted by molar-refractivity contribution is 0.891. The van der Waals surface area contributed by atoms with E-state index in [-0.39, 0.29) is 0 Å². The zero-order valence-corrected chi connectivity index (χ0v) is 7.75. The number of fused-ring (bicyclic) bond motifs is 1. The lowest BCUT2D eigenvalue weighted by atomic mass is 10.2. The Labute approximate surface area is 74.0 Å². The van der Waals surface area contributed by atoms with Crippen LogP contribution in [0.3, 0.4) is 0 Å². The molecule has 1 aromatic rings. The van der Waals surface area contributed by atoms with Gasteiger partial charge >= 0.3 is 0 Å². The van der Waals surface area contributed by atoms with Crippen molar-refractivity contribution in [2.75, 3.05) is 11.6 Å². The van der Waals surface area contributed by atoms with Gasteiger partial charge in [0, 0.05) is 6.54 Å². The zero-order chi connectivity index (χ0) is 8.97. The number of nitrogens with zero attached hydrogens (tertiary/aromatic N) is 1. The normalized spacial score (nSPS) is 13.4. The highest BCUT2D eigenvalue weighted by Crippen LogP contribution is 2.23. The maximum Gasteiger partial charge on any atom is 0.0549 e. The second kappa shape index (κ2) is 4.12. The predicted octanol–water partition coefficient (Wildman–Crippen LogP) is 1.95. The first-order valence-corrected chi connectivity index (χ1v) is 4.48. The lowest BCUT2D eigenvalue weighted by Gasteiger charge is -2.09. The smallest absolute Gasteiger partial charge is 0.0549 e. The van der Waals surface area contributed by atoms with E-state index in [1.165, 1.54) is 11.3 Å². The van der Waals surface area contributed by atoms with Gasteiger partial charge in [0.05, 0.1) is 5.69 Å². The molecule has 0 amide bonds. The standard InChI is InChI=1S/C8H10N2.C2H6/c9-10-6-5-7-3-1-2-4-8(7)10;1-2/h1-4H,5-6,9H2;1-2H3. The first-order chi connectivity index (χ1) is 5.88. The van der Waals surface area contributed by atoms with Gasteiger partial charge in [0.1, 0.15) is 0 Å². The fourth-order valence-electron chi connectivity index (χ4n) is 1.36. The van der Waals surface area contributed by atoms with E-state index >= 15 is 0 Å². The molecule has 0 aliphatic carbocycles. The van der Waals surface area contributed by atoms with Crippen LogP contribution in [0.1, 0.15) is 19.4 Å². The van der Waals surface area contributed by atoms with E-state index < -0.39 is 0 Å². The largest absolute Gasteiger partial charge is 0.310 e. The minimum atomic E-state index is 0.958. The number of nitrogens with two attached hydrogens (primary N) is 1. The van der Waals surface area contributed by atoms with E-state index in [4.69, 9.17) is 5.84 Å². The van der Waals surface area contributed by atoms with E-state index in [9.17, 15) is 0 Å². The SMILES string of the molecule is CC.NN1CCc2ccccc21. The summed E-state index contributed by atoms with van der Waals surface area (Å²) in [6.45, 7) is 4.96. The Kier molecular flexibility index (Phi) is 3.11. The summed E-state index contributed by atoms with van der Waals surface area (Å²) < 4.78 is 0. The van der Waals surface area contributed by atoms with Gasteiger partial charge in [0.15, 0.2) is 0 Å². The van der Waals surface area contributed by atoms with Crippen molar-refractivity contribution >= 4 is 5.69 Å². The fraction of sp³-hybridized carbons (Fsp3) is 0.400. The molecule has 0 atom stereocenters. The third-order valence-corrected chi connectivity index (χ3v) is 1.92. The number of anilines is 1. The number of hydrazine groups is 1. The molecule has 2 N–H and O–H groups in total. The van der Waals surface area contributed by atoms with E-state index in [1.54, 1.807) is 5.01 Å². The quantitative estimate of drug-likeness (QED) is 0.594. The van der Waals surface area contributed by atoms with Crippen LogP contribution in [0.5, 0.6) is 0 Å². The molecule has 2 nitrogen and oxygen atoms in total. The first kappa shape index (κ1) is 9.07. The number of rotatable bonds is 0. The number of para-hydroxylation sites is 1. The molecule has 0 saturated carbocycles. The Morgan fingerprint density at radius 3 is 2.58 bits per heavy atom. The number of hydrogen-bond acceptors (Lipinski definition) is 2. The highest BCUT2D eigenvalue weighted by atomic mass is 15.4. The van der Waals surface area contributed by atoms with Gasteiger partial charge in [-0.3, -0.25) is 0 Å². The average molecular weight is 164 g/mol. The fourth-order valence-corrected chi connectivity index (χ4v) is 1.36. The van der Waals surface area contributed by atoms with Crippen LogP contribution in [0.25, 0.3) is 0 Å². The Morgan fingerprint density at radius 2 is 1.92 bits per heavy atom.